The van der Waals surface area contributed by atoms with E-state index in [0.29, 0.717) is 18.4 Å². The summed E-state index contributed by atoms with van der Waals surface area (Å²) in [5.74, 6) is 0.931. The van der Waals surface area contributed by atoms with Gasteiger partial charge in [0.05, 0.1) is 12.3 Å². The lowest BCUT2D eigenvalue weighted by Gasteiger charge is -2.28. The number of nitrogens with zero attached hydrogens (tertiary/aromatic N) is 3. The molecule has 1 aromatic carbocycles. The van der Waals surface area contributed by atoms with Crippen molar-refractivity contribution >= 4 is 23.5 Å². The van der Waals surface area contributed by atoms with E-state index >= 15 is 0 Å². The lowest BCUT2D eigenvalue weighted by molar-refractivity contribution is 0.190. The molecule has 2 rings (SSSR count). The molecule has 1 heterocycles. The minimum Gasteiger partial charge on any atom is -0.383 e. The first-order valence-electron chi connectivity index (χ1n) is 8.97. The molecule has 1 aromatic heterocycles. The Labute approximate surface area is 161 Å². The standard InChI is InChI=1S/C20H29N5O2/c1-14-7-9-16(10-8-14)25(19(26)24-20(3,4)5)17-11-12-21-18(23-17)22-15(2)13-27-6/h7-12,15H,13H2,1-6H3,(H,24,26)(H,21,22,23)/t15-/m0/s1. The van der Waals surface area contributed by atoms with Gasteiger partial charge in [-0.25, -0.2) is 14.7 Å². The van der Waals surface area contributed by atoms with Crippen LogP contribution in [0.5, 0.6) is 0 Å². The number of aryl methyl sites for hydroxylation is 1. The predicted octanol–water partition coefficient (Wildman–Crippen LogP) is 3.88. The van der Waals surface area contributed by atoms with Crippen LogP contribution in [0.4, 0.5) is 22.2 Å². The van der Waals surface area contributed by atoms with Crippen LogP contribution in [0.25, 0.3) is 0 Å². The number of hydrogen-bond donors (Lipinski definition) is 2. The average Bonchev–Trinajstić information content (AvgIpc) is 2.56. The fourth-order valence-corrected chi connectivity index (χ4v) is 2.48. The third-order valence-corrected chi connectivity index (χ3v) is 3.64. The van der Waals surface area contributed by atoms with Crippen molar-refractivity contribution in [3.8, 4) is 0 Å². The normalized spacial score (nSPS) is 12.4. The van der Waals surface area contributed by atoms with E-state index in [1.165, 1.54) is 0 Å². The molecular weight excluding hydrogens is 342 g/mol. The first-order chi connectivity index (χ1) is 12.7. The molecule has 1 atom stereocenters. The van der Waals surface area contributed by atoms with Gasteiger partial charge in [0, 0.05) is 31.0 Å². The summed E-state index contributed by atoms with van der Waals surface area (Å²) in [6, 6.07) is 9.25. The van der Waals surface area contributed by atoms with E-state index < -0.39 is 0 Å². The first-order valence-corrected chi connectivity index (χ1v) is 8.97. The zero-order valence-corrected chi connectivity index (χ0v) is 16.9. The topological polar surface area (TPSA) is 79.4 Å². The Kier molecular flexibility index (Phi) is 6.74. The Hall–Kier alpha value is -2.67. The smallest absolute Gasteiger partial charge is 0.328 e. The number of rotatable bonds is 6. The quantitative estimate of drug-likeness (QED) is 0.806. The van der Waals surface area contributed by atoms with Gasteiger partial charge in [0.15, 0.2) is 0 Å². The fraction of sp³-hybridized carbons (Fsp3) is 0.450. The van der Waals surface area contributed by atoms with E-state index in [-0.39, 0.29) is 17.6 Å². The summed E-state index contributed by atoms with van der Waals surface area (Å²) in [6.45, 7) is 10.3. The van der Waals surface area contributed by atoms with E-state index in [0.717, 1.165) is 11.3 Å². The summed E-state index contributed by atoms with van der Waals surface area (Å²) in [7, 11) is 1.64. The highest BCUT2D eigenvalue weighted by atomic mass is 16.5. The summed E-state index contributed by atoms with van der Waals surface area (Å²) in [6.07, 6.45) is 1.63. The van der Waals surface area contributed by atoms with Crippen LogP contribution in [0.1, 0.15) is 33.3 Å². The molecule has 0 fully saturated rings. The van der Waals surface area contributed by atoms with Crippen LogP contribution < -0.4 is 15.5 Å². The van der Waals surface area contributed by atoms with Crippen molar-refractivity contribution in [1.82, 2.24) is 15.3 Å². The van der Waals surface area contributed by atoms with E-state index in [1.54, 1.807) is 24.3 Å². The van der Waals surface area contributed by atoms with Crippen molar-refractivity contribution in [3.63, 3.8) is 0 Å². The van der Waals surface area contributed by atoms with Gasteiger partial charge in [-0.15, -0.1) is 0 Å². The second kappa shape index (κ2) is 8.81. The molecule has 7 nitrogen and oxygen atoms in total. The van der Waals surface area contributed by atoms with Crippen LogP contribution in [0.2, 0.25) is 0 Å². The number of nitrogens with one attached hydrogen (secondary N) is 2. The molecule has 27 heavy (non-hydrogen) atoms. The fourth-order valence-electron chi connectivity index (χ4n) is 2.48. The van der Waals surface area contributed by atoms with Crippen LogP contribution >= 0.6 is 0 Å². The summed E-state index contributed by atoms with van der Waals surface area (Å²) >= 11 is 0. The number of methoxy groups -OCH3 is 1. The Balaban J connectivity index is 2.38. The number of anilines is 3. The van der Waals surface area contributed by atoms with Gasteiger partial charge in [0.2, 0.25) is 5.95 Å². The Morgan fingerprint density at radius 3 is 2.48 bits per heavy atom. The van der Waals surface area contributed by atoms with Crippen molar-refractivity contribution in [2.45, 2.75) is 46.2 Å². The van der Waals surface area contributed by atoms with E-state index in [2.05, 4.69) is 20.6 Å². The van der Waals surface area contributed by atoms with Gasteiger partial charge < -0.3 is 15.4 Å². The molecule has 0 saturated carbocycles. The van der Waals surface area contributed by atoms with Crippen molar-refractivity contribution in [2.24, 2.45) is 0 Å². The second-order valence-corrected chi connectivity index (χ2v) is 7.59. The highest BCUT2D eigenvalue weighted by Crippen LogP contribution is 2.25. The molecule has 0 aliphatic heterocycles. The largest absolute Gasteiger partial charge is 0.383 e. The molecule has 0 bridgehead atoms. The number of aromatic nitrogens is 2. The maximum Gasteiger partial charge on any atom is 0.328 e. The maximum absolute atomic E-state index is 13.0. The van der Waals surface area contributed by atoms with Gasteiger partial charge >= 0.3 is 6.03 Å². The summed E-state index contributed by atoms with van der Waals surface area (Å²) < 4.78 is 5.13. The van der Waals surface area contributed by atoms with Crippen LogP contribution in [0.3, 0.4) is 0 Å². The van der Waals surface area contributed by atoms with Gasteiger partial charge in [-0.1, -0.05) is 17.7 Å². The Morgan fingerprint density at radius 2 is 1.89 bits per heavy atom. The van der Waals surface area contributed by atoms with Crippen molar-refractivity contribution in [2.75, 3.05) is 23.9 Å². The third-order valence-electron chi connectivity index (χ3n) is 3.64. The van der Waals surface area contributed by atoms with Crippen LogP contribution in [-0.4, -0.2) is 41.3 Å². The molecule has 0 saturated heterocycles. The molecule has 0 unspecified atom stereocenters. The number of urea groups is 1. The van der Waals surface area contributed by atoms with Gasteiger partial charge in [-0.2, -0.15) is 4.98 Å². The average molecular weight is 371 g/mol. The van der Waals surface area contributed by atoms with Gasteiger partial charge in [0.25, 0.3) is 0 Å². The molecule has 2 aromatic rings. The third kappa shape index (κ3) is 6.21. The number of benzene rings is 1. The van der Waals surface area contributed by atoms with Crippen molar-refractivity contribution < 1.29 is 9.53 Å². The number of carbonyl (C=O) groups is 1. The lowest BCUT2D eigenvalue weighted by Crippen LogP contribution is -2.47. The highest BCUT2D eigenvalue weighted by molar-refractivity contribution is 5.98. The van der Waals surface area contributed by atoms with Crippen LogP contribution in [0.15, 0.2) is 36.5 Å². The molecule has 0 aliphatic rings. The molecule has 146 valence electrons. The molecule has 2 amide bonds. The monoisotopic (exact) mass is 371 g/mol. The summed E-state index contributed by atoms with van der Waals surface area (Å²) in [5.41, 5.74) is 1.48. The molecule has 7 heteroatoms. The van der Waals surface area contributed by atoms with E-state index in [1.807, 2.05) is 58.9 Å². The molecule has 0 radical (unpaired) electrons. The number of ether oxygens (including phenoxy) is 1. The minimum atomic E-state index is -0.374. The molecule has 2 N–H and O–H groups in total. The minimum absolute atomic E-state index is 0.0430. The van der Waals surface area contributed by atoms with E-state index in [9.17, 15) is 4.79 Å². The Bertz CT molecular complexity index is 756. The van der Waals surface area contributed by atoms with Gasteiger partial charge in [-0.3, -0.25) is 0 Å². The number of amides is 2. The zero-order chi connectivity index (χ0) is 20.0. The molecule has 0 spiro atoms. The van der Waals surface area contributed by atoms with Crippen molar-refractivity contribution in [3.05, 3.63) is 42.1 Å². The van der Waals surface area contributed by atoms with Gasteiger partial charge in [0.1, 0.15) is 5.82 Å². The highest BCUT2D eigenvalue weighted by Gasteiger charge is 2.24. The van der Waals surface area contributed by atoms with Gasteiger partial charge in [-0.05, 0) is 46.8 Å². The van der Waals surface area contributed by atoms with Crippen molar-refractivity contribution in [1.29, 1.82) is 0 Å². The van der Waals surface area contributed by atoms with Crippen LogP contribution in [0, 0.1) is 6.92 Å². The zero-order valence-electron chi connectivity index (χ0n) is 16.9. The SMILES string of the molecule is COC[C@H](C)Nc1nccc(N(C(=O)NC(C)(C)C)c2ccc(C)cc2)n1. The lowest BCUT2D eigenvalue weighted by atomic mass is 10.1. The summed E-state index contributed by atoms with van der Waals surface area (Å²) in [5, 5.41) is 6.18. The summed E-state index contributed by atoms with van der Waals surface area (Å²) in [4.78, 5) is 23.3. The number of carbonyl (C=O) groups excluding carboxylic acids is 1. The Morgan fingerprint density at radius 1 is 1.22 bits per heavy atom. The molecular formula is C20H29N5O2. The van der Waals surface area contributed by atoms with E-state index in [4.69, 9.17) is 4.74 Å². The second-order valence-electron chi connectivity index (χ2n) is 7.59. The van der Waals surface area contributed by atoms with Crippen LogP contribution in [-0.2, 0) is 4.74 Å². The maximum atomic E-state index is 13.0. The molecule has 0 aliphatic carbocycles. The predicted molar refractivity (Wildman–Crippen MR) is 109 cm³/mol. The number of hydrogen-bond acceptors (Lipinski definition) is 5. The first kappa shape index (κ1) is 20.6.